The van der Waals surface area contributed by atoms with Gasteiger partial charge in [0, 0.05) is 45.6 Å². The highest BCUT2D eigenvalue weighted by Gasteiger charge is 2.28. The second-order valence-corrected chi connectivity index (χ2v) is 10.4. The van der Waals surface area contributed by atoms with Gasteiger partial charge < -0.3 is 19.5 Å². The van der Waals surface area contributed by atoms with Crippen molar-refractivity contribution < 1.29 is 27.1 Å². The number of aryl methyl sites for hydroxylation is 1. The Labute approximate surface area is 208 Å². The molecular formula is C21H28ClFN6O5S. The summed E-state index contributed by atoms with van der Waals surface area (Å²) in [5.41, 5.74) is 2.48. The average Bonchev–Trinajstić information content (AvgIpc) is 3.25. The molecule has 0 bridgehead atoms. The lowest BCUT2D eigenvalue weighted by atomic mass is 10.0. The number of hydrogen-bond donors (Lipinski definition) is 3. The molecule has 0 spiro atoms. The van der Waals surface area contributed by atoms with Crippen molar-refractivity contribution in [3.63, 3.8) is 0 Å². The first-order valence-electron chi connectivity index (χ1n) is 10.9. The van der Waals surface area contributed by atoms with Crippen molar-refractivity contribution in [2.24, 2.45) is 13.0 Å². The Morgan fingerprint density at radius 2 is 2.11 bits per heavy atom. The van der Waals surface area contributed by atoms with Crippen LogP contribution in [0.2, 0.25) is 5.02 Å². The number of imidazole rings is 1. The number of amides is 3. The minimum atomic E-state index is -3.97. The highest BCUT2D eigenvalue weighted by molar-refractivity contribution is 7.89. The number of halogens is 2. The lowest BCUT2D eigenvalue weighted by Gasteiger charge is -2.32. The monoisotopic (exact) mass is 530 g/mol. The summed E-state index contributed by atoms with van der Waals surface area (Å²) in [5, 5.41) is 2.41. The van der Waals surface area contributed by atoms with Crippen LogP contribution in [0.1, 0.15) is 23.2 Å². The molecule has 1 saturated heterocycles. The maximum atomic E-state index is 14.5. The van der Waals surface area contributed by atoms with Crippen molar-refractivity contribution in [3.05, 3.63) is 41.1 Å². The Morgan fingerprint density at radius 3 is 2.80 bits per heavy atom. The first kappa shape index (κ1) is 26.9. The highest BCUT2D eigenvalue weighted by atomic mass is 35.5. The molecule has 3 N–H and O–H groups in total. The number of aromatic nitrogens is 2. The Hall–Kier alpha value is -2.74. The summed E-state index contributed by atoms with van der Waals surface area (Å²) in [6.07, 6.45) is 4.46. The van der Waals surface area contributed by atoms with E-state index in [2.05, 4.69) is 10.3 Å². The van der Waals surface area contributed by atoms with Gasteiger partial charge in [-0.05, 0) is 30.9 Å². The Kier molecular flexibility index (Phi) is 9.05. The Bertz CT molecular complexity index is 1170. The van der Waals surface area contributed by atoms with Gasteiger partial charge in [0.15, 0.2) is 5.82 Å². The predicted molar refractivity (Wildman–Crippen MR) is 128 cm³/mol. The van der Waals surface area contributed by atoms with Gasteiger partial charge in [-0.1, -0.05) is 11.6 Å². The number of piperidine rings is 1. The van der Waals surface area contributed by atoms with Gasteiger partial charge in [-0.15, -0.1) is 4.83 Å². The summed E-state index contributed by atoms with van der Waals surface area (Å²) in [6, 6.07) is 2.29. The molecule has 35 heavy (non-hydrogen) atoms. The Balaban J connectivity index is 1.60. The molecule has 1 aromatic carbocycles. The van der Waals surface area contributed by atoms with E-state index in [9.17, 15) is 22.4 Å². The van der Waals surface area contributed by atoms with Crippen LogP contribution in [0.25, 0.3) is 11.3 Å². The first-order valence-corrected chi connectivity index (χ1v) is 12.9. The number of likely N-dealkylation sites (tertiary alicyclic amines) is 1. The van der Waals surface area contributed by atoms with Gasteiger partial charge in [0.05, 0.1) is 35.0 Å². The fourth-order valence-electron chi connectivity index (χ4n) is 3.76. The molecule has 0 radical (unpaired) electrons. The third kappa shape index (κ3) is 7.37. The molecule has 1 aromatic heterocycles. The second-order valence-electron chi connectivity index (χ2n) is 8.26. The molecule has 192 valence electrons. The van der Waals surface area contributed by atoms with Gasteiger partial charge in [0.25, 0.3) is 5.91 Å². The summed E-state index contributed by atoms with van der Waals surface area (Å²) in [7, 11) is -0.687. The number of hydrazine groups is 1. The maximum Gasteiger partial charge on any atom is 0.317 e. The van der Waals surface area contributed by atoms with Crippen LogP contribution in [0.5, 0.6) is 0 Å². The van der Waals surface area contributed by atoms with Gasteiger partial charge in [0.1, 0.15) is 0 Å². The van der Waals surface area contributed by atoms with E-state index in [0.29, 0.717) is 43.8 Å². The molecule has 1 aliphatic heterocycles. The van der Waals surface area contributed by atoms with E-state index in [1.807, 2.05) is 10.3 Å². The van der Waals surface area contributed by atoms with Crippen LogP contribution in [0.15, 0.2) is 24.7 Å². The number of rotatable bonds is 9. The summed E-state index contributed by atoms with van der Waals surface area (Å²) in [5.74, 6) is -2.63. The van der Waals surface area contributed by atoms with Crippen molar-refractivity contribution in [2.45, 2.75) is 12.8 Å². The molecule has 11 nitrogen and oxygen atoms in total. The molecule has 3 rings (SSSR count). The van der Waals surface area contributed by atoms with Crippen LogP contribution in [0.3, 0.4) is 0 Å². The van der Waals surface area contributed by atoms with Crippen molar-refractivity contribution in [1.29, 1.82) is 0 Å². The second kappa shape index (κ2) is 11.8. The van der Waals surface area contributed by atoms with Crippen molar-refractivity contribution in [1.82, 2.24) is 30.0 Å². The Morgan fingerprint density at radius 1 is 1.34 bits per heavy atom. The van der Waals surface area contributed by atoms with Crippen molar-refractivity contribution in [2.75, 3.05) is 39.1 Å². The number of sulfonamides is 1. The van der Waals surface area contributed by atoms with E-state index >= 15 is 0 Å². The van der Waals surface area contributed by atoms with Crippen LogP contribution in [-0.2, 0) is 21.8 Å². The van der Waals surface area contributed by atoms with Gasteiger partial charge in [-0.2, -0.15) is 0 Å². The first-order chi connectivity index (χ1) is 16.6. The lowest BCUT2D eigenvalue weighted by Crippen LogP contribution is -2.49. The zero-order chi connectivity index (χ0) is 25.6. The number of methoxy groups -OCH3 is 1. The van der Waals surface area contributed by atoms with E-state index in [0.717, 1.165) is 0 Å². The van der Waals surface area contributed by atoms with Gasteiger partial charge in [-0.3, -0.25) is 10.2 Å². The van der Waals surface area contributed by atoms with E-state index in [4.69, 9.17) is 16.3 Å². The molecule has 1 fully saturated rings. The number of nitrogens with one attached hydrogen (secondary N) is 3. The zero-order valence-electron chi connectivity index (χ0n) is 19.4. The fraction of sp³-hybridized carbons (Fsp3) is 0.476. The molecule has 3 amide bonds. The average molecular weight is 531 g/mol. The SMILES string of the molecule is COCCNC(=O)N1CCCC(CS(=O)(=O)NNC(=O)c2cc(-c3cn(C)cn3)cc(Cl)c2F)C1. The number of nitrogens with zero attached hydrogens (tertiary/aromatic N) is 3. The molecule has 1 aliphatic rings. The van der Waals surface area contributed by atoms with Crippen LogP contribution < -0.4 is 15.6 Å². The third-order valence-corrected chi connectivity index (χ3v) is 7.04. The highest BCUT2D eigenvalue weighted by Crippen LogP contribution is 2.27. The predicted octanol–water partition coefficient (Wildman–Crippen LogP) is 1.51. The van der Waals surface area contributed by atoms with Gasteiger partial charge in [0.2, 0.25) is 10.0 Å². The van der Waals surface area contributed by atoms with Crippen LogP contribution >= 0.6 is 11.6 Å². The third-order valence-electron chi connectivity index (χ3n) is 5.44. The van der Waals surface area contributed by atoms with Crippen molar-refractivity contribution >= 4 is 33.6 Å². The molecule has 1 unspecified atom stereocenters. The van der Waals surface area contributed by atoms with Crippen LogP contribution in [0, 0.1) is 11.7 Å². The summed E-state index contributed by atoms with van der Waals surface area (Å²) in [6.45, 7) is 1.50. The summed E-state index contributed by atoms with van der Waals surface area (Å²) < 4.78 is 46.2. The van der Waals surface area contributed by atoms with E-state index in [1.165, 1.54) is 25.6 Å². The molecule has 2 heterocycles. The molecule has 1 atom stereocenters. The minimum Gasteiger partial charge on any atom is -0.383 e. The molecular weight excluding hydrogens is 503 g/mol. The molecule has 2 aromatic rings. The molecule has 14 heteroatoms. The van der Waals surface area contributed by atoms with E-state index in [-0.39, 0.29) is 29.3 Å². The van der Waals surface area contributed by atoms with Crippen molar-refractivity contribution in [3.8, 4) is 11.3 Å². The topological polar surface area (TPSA) is 135 Å². The van der Waals surface area contributed by atoms with Crippen LogP contribution in [0.4, 0.5) is 9.18 Å². The summed E-state index contributed by atoms with van der Waals surface area (Å²) in [4.78, 5) is 32.5. The van der Waals surface area contributed by atoms with Crippen LogP contribution in [-0.4, -0.2) is 73.9 Å². The quantitative estimate of drug-likeness (QED) is 0.332. The minimum absolute atomic E-state index is 0.254. The molecule has 0 aliphatic carbocycles. The molecule has 0 saturated carbocycles. The number of benzene rings is 1. The standard InChI is InChI=1S/C21H28ClFN6O5S/c1-28-11-18(25-13-28)15-8-16(19(23)17(22)9-15)20(30)26-27-35(32,33)12-14-4-3-6-29(10-14)21(31)24-5-7-34-2/h8-9,11,13-14,27H,3-7,10,12H2,1-2H3,(H,24,31)(H,26,30). The number of carbonyl (C=O) groups is 2. The van der Waals surface area contributed by atoms with E-state index < -0.39 is 27.3 Å². The van der Waals surface area contributed by atoms with Gasteiger partial charge in [-0.25, -0.2) is 22.6 Å². The summed E-state index contributed by atoms with van der Waals surface area (Å²) >= 11 is 5.95. The number of ether oxygens (including phenoxy) is 1. The normalized spacial score (nSPS) is 16.2. The lowest BCUT2D eigenvalue weighted by molar-refractivity contribution is 0.0941. The van der Waals surface area contributed by atoms with Gasteiger partial charge >= 0.3 is 6.03 Å². The number of urea groups is 1. The van der Waals surface area contributed by atoms with E-state index in [1.54, 1.807) is 22.7 Å². The maximum absolute atomic E-state index is 14.5. The fourth-order valence-corrected chi connectivity index (χ4v) is 5.21. The number of carbonyl (C=O) groups excluding carboxylic acids is 2. The zero-order valence-corrected chi connectivity index (χ0v) is 21.0. The smallest absolute Gasteiger partial charge is 0.317 e. The number of hydrogen-bond acceptors (Lipinski definition) is 6. The largest absolute Gasteiger partial charge is 0.383 e.